The summed E-state index contributed by atoms with van der Waals surface area (Å²) in [5.74, 6) is 0. The van der Waals surface area contributed by atoms with E-state index in [4.69, 9.17) is 19.6 Å². The molecular weight excluding hydrogens is 426 g/mol. The minimum absolute atomic E-state index is 0.0779. The zero-order valence-corrected chi connectivity index (χ0v) is 23.6. The smallest absolute Gasteiger partial charge is 0.410 e. The molecule has 0 heterocycles. The molecule has 0 unspecified atom stereocenters. The highest BCUT2D eigenvalue weighted by molar-refractivity contribution is 6.74. The van der Waals surface area contributed by atoms with E-state index >= 15 is 0 Å². The average Bonchev–Trinajstić information content (AvgIpc) is 2.51. The second-order valence-electron chi connectivity index (χ2n) is 12.0. The molecule has 0 aromatic carbocycles. The molecule has 0 saturated carbocycles. The highest BCUT2D eigenvalue weighted by Crippen LogP contribution is 2.36. The van der Waals surface area contributed by atoms with E-state index < -0.39 is 31.7 Å². The highest BCUT2D eigenvalue weighted by atomic mass is 28.4. The maximum Gasteiger partial charge on any atom is 0.410 e. The van der Waals surface area contributed by atoms with Crippen molar-refractivity contribution in [2.75, 3.05) is 32.8 Å². The summed E-state index contributed by atoms with van der Waals surface area (Å²) < 4.78 is 17.4. The largest absolute Gasteiger partial charge is 0.444 e. The summed E-state index contributed by atoms with van der Waals surface area (Å²) in [5.41, 5.74) is 4.71. The molecule has 0 rings (SSSR count). The van der Waals surface area contributed by atoms with Crippen LogP contribution in [0, 0.1) is 0 Å². The van der Waals surface area contributed by atoms with E-state index in [2.05, 4.69) is 33.9 Å². The quantitative estimate of drug-likeness (QED) is 0.480. The van der Waals surface area contributed by atoms with Crippen molar-refractivity contribution in [3.8, 4) is 0 Å². The Labute approximate surface area is 197 Å². The van der Waals surface area contributed by atoms with Gasteiger partial charge in [0.2, 0.25) is 0 Å². The Morgan fingerprint density at radius 1 is 0.812 bits per heavy atom. The molecule has 0 spiro atoms. The van der Waals surface area contributed by atoms with Crippen molar-refractivity contribution in [3.63, 3.8) is 0 Å². The van der Waals surface area contributed by atoms with Crippen LogP contribution in [0.4, 0.5) is 9.59 Å². The third-order valence-electron chi connectivity index (χ3n) is 5.08. The number of carbonyl (C=O) groups excluding carboxylic acids is 2. The molecule has 0 aliphatic rings. The molecule has 0 aromatic heterocycles. The fourth-order valence-corrected chi connectivity index (χ4v) is 3.46. The van der Waals surface area contributed by atoms with Gasteiger partial charge in [-0.05, 0) is 66.6 Å². The monoisotopic (exact) mass is 475 g/mol. The standard InChI is InChI=1S/C23H49N3O5Si/c1-18(24)17-26(20(28)31-22(5,6)7)14-13-25(19(27)30-21(2,3)4)15-16-29-32(11,12)23(8,9)10/h18H,13-17,24H2,1-12H3/t18-/m1/s1. The van der Waals surface area contributed by atoms with E-state index in [1.165, 1.54) is 0 Å². The van der Waals surface area contributed by atoms with Crippen LogP contribution in [-0.4, -0.2) is 80.3 Å². The zero-order valence-electron chi connectivity index (χ0n) is 22.6. The molecular formula is C23H49N3O5Si. The molecule has 0 fully saturated rings. The van der Waals surface area contributed by atoms with Gasteiger partial charge in [0.15, 0.2) is 8.32 Å². The van der Waals surface area contributed by atoms with Gasteiger partial charge >= 0.3 is 12.2 Å². The molecule has 9 heteroatoms. The number of amides is 2. The molecule has 2 N–H and O–H groups in total. The van der Waals surface area contributed by atoms with Gasteiger partial charge in [0.1, 0.15) is 11.2 Å². The van der Waals surface area contributed by atoms with Crippen molar-refractivity contribution in [1.82, 2.24) is 9.80 Å². The second-order valence-corrected chi connectivity index (χ2v) is 16.8. The first-order valence-corrected chi connectivity index (χ1v) is 14.4. The molecule has 0 aliphatic heterocycles. The first-order valence-electron chi connectivity index (χ1n) is 11.5. The lowest BCUT2D eigenvalue weighted by Crippen LogP contribution is -2.49. The van der Waals surface area contributed by atoms with Gasteiger partial charge in [-0.1, -0.05) is 20.8 Å². The predicted octanol–water partition coefficient (Wildman–Crippen LogP) is 4.83. The van der Waals surface area contributed by atoms with Crippen LogP contribution < -0.4 is 5.73 Å². The maximum absolute atomic E-state index is 12.8. The van der Waals surface area contributed by atoms with Crippen LogP contribution in [0.25, 0.3) is 0 Å². The Kier molecular flexibility index (Phi) is 11.2. The van der Waals surface area contributed by atoms with Crippen molar-refractivity contribution >= 4 is 20.5 Å². The Morgan fingerprint density at radius 3 is 1.59 bits per heavy atom. The molecule has 0 bridgehead atoms. The van der Waals surface area contributed by atoms with Gasteiger partial charge in [-0.3, -0.25) is 0 Å². The predicted molar refractivity (Wildman–Crippen MR) is 132 cm³/mol. The van der Waals surface area contributed by atoms with Crippen LogP contribution in [-0.2, 0) is 13.9 Å². The Morgan fingerprint density at radius 2 is 1.22 bits per heavy atom. The minimum atomic E-state index is -1.94. The molecule has 8 nitrogen and oxygen atoms in total. The normalized spacial score (nSPS) is 14.0. The number of nitrogens with zero attached hydrogens (tertiary/aromatic N) is 2. The van der Waals surface area contributed by atoms with Crippen LogP contribution >= 0.6 is 0 Å². The molecule has 1 atom stereocenters. The van der Waals surface area contributed by atoms with Crippen LogP contribution in [0.5, 0.6) is 0 Å². The Hall–Kier alpha value is -1.32. The average molecular weight is 476 g/mol. The molecule has 0 aromatic rings. The van der Waals surface area contributed by atoms with Gasteiger partial charge in [-0.15, -0.1) is 0 Å². The first kappa shape index (κ1) is 30.7. The van der Waals surface area contributed by atoms with Crippen molar-refractivity contribution in [3.05, 3.63) is 0 Å². The lowest BCUT2D eigenvalue weighted by atomic mass is 10.2. The molecule has 0 aliphatic carbocycles. The van der Waals surface area contributed by atoms with E-state index in [1.54, 1.807) is 9.80 Å². The molecule has 0 radical (unpaired) electrons. The zero-order chi connectivity index (χ0) is 25.5. The van der Waals surface area contributed by atoms with Gasteiger partial charge < -0.3 is 29.4 Å². The second kappa shape index (κ2) is 11.7. The summed E-state index contributed by atoms with van der Waals surface area (Å²) in [5, 5.41) is 0.0779. The Balaban J connectivity index is 5.35. The Bertz CT molecular complexity index is 604. The SMILES string of the molecule is C[C@@H](N)CN(CCN(CCO[Si](C)(C)C(C)(C)C)C(=O)OC(C)(C)C)C(=O)OC(C)(C)C. The van der Waals surface area contributed by atoms with Gasteiger partial charge in [-0.25, -0.2) is 9.59 Å². The third kappa shape index (κ3) is 12.6. The topological polar surface area (TPSA) is 94.3 Å². The van der Waals surface area contributed by atoms with E-state index in [-0.39, 0.29) is 17.6 Å². The van der Waals surface area contributed by atoms with Crippen molar-refractivity contribution in [2.24, 2.45) is 5.73 Å². The summed E-state index contributed by atoms with van der Waals surface area (Å²) in [6, 6.07) is -0.223. The lowest BCUT2D eigenvalue weighted by molar-refractivity contribution is 0.0113. The van der Waals surface area contributed by atoms with E-state index in [9.17, 15) is 9.59 Å². The lowest BCUT2D eigenvalue weighted by Gasteiger charge is -2.37. The fourth-order valence-electron chi connectivity index (χ4n) is 2.42. The summed E-state index contributed by atoms with van der Waals surface area (Å²) in [6.45, 7) is 25.4. The highest BCUT2D eigenvalue weighted by Gasteiger charge is 2.37. The number of rotatable bonds is 9. The number of carbonyl (C=O) groups is 2. The fraction of sp³-hybridized carbons (Fsp3) is 0.913. The van der Waals surface area contributed by atoms with Gasteiger partial charge in [0, 0.05) is 32.2 Å². The van der Waals surface area contributed by atoms with Crippen molar-refractivity contribution < 1.29 is 23.5 Å². The van der Waals surface area contributed by atoms with Gasteiger partial charge in [-0.2, -0.15) is 0 Å². The molecule has 2 amide bonds. The summed E-state index contributed by atoms with van der Waals surface area (Å²) >= 11 is 0. The van der Waals surface area contributed by atoms with Crippen molar-refractivity contribution in [2.45, 2.75) is 105 Å². The minimum Gasteiger partial charge on any atom is -0.444 e. The molecule has 32 heavy (non-hydrogen) atoms. The molecule has 0 saturated heterocycles. The third-order valence-corrected chi connectivity index (χ3v) is 9.62. The van der Waals surface area contributed by atoms with Crippen LogP contribution in [0.15, 0.2) is 0 Å². The van der Waals surface area contributed by atoms with Crippen LogP contribution in [0.2, 0.25) is 18.1 Å². The number of ether oxygens (including phenoxy) is 2. The van der Waals surface area contributed by atoms with E-state index in [0.29, 0.717) is 26.2 Å². The number of hydrogen-bond donors (Lipinski definition) is 1. The van der Waals surface area contributed by atoms with Gasteiger partial charge in [0.25, 0.3) is 0 Å². The van der Waals surface area contributed by atoms with Gasteiger partial charge in [0.05, 0.1) is 6.61 Å². The van der Waals surface area contributed by atoms with Crippen LogP contribution in [0.1, 0.15) is 69.2 Å². The maximum atomic E-state index is 12.8. The van der Waals surface area contributed by atoms with E-state index in [1.807, 2.05) is 48.5 Å². The van der Waals surface area contributed by atoms with Crippen LogP contribution in [0.3, 0.4) is 0 Å². The first-order chi connectivity index (χ1) is 14.1. The number of nitrogens with two attached hydrogens (primary N) is 1. The van der Waals surface area contributed by atoms with Crippen molar-refractivity contribution in [1.29, 1.82) is 0 Å². The number of hydrogen-bond acceptors (Lipinski definition) is 6. The van der Waals surface area contributed by atoms with E-state index in [0.717, 1.165) is 0 Å². The molecule has 190 valence electrons. The summed E-state index contributed by atoms with van der Waals surface area (Å²) in [6.07, 6.45) is -0.877. The summed E-state index contributed by atoms with van der Waals surface area (Å²) in [7, 11) is -1.94. The summed E-state index contributed by atoms with van der Waals surface area (Å²) in [4.78, 5) is 28.6.